The second kappa shape index (κ2) is 7.43. The summed E-state index contributed by atoms with van der Waals surface area (Å²) in [5.74, 6) is 0.0512. The zero-order chi connectivity index (χ0) is 13.1. The van der Waals surface area contributed by atoms with Crippen LogP contribution in [0.3, 0.4) is 0 Å². The molecule has 5 nitrogen and oxygen atoms in total. The Labute approximate surface area is 121 Å². The Morgan fingerprint density at radius 3 is 2.84 bits per heavy atom. The van der Waals surface area contributed by atoms with Crippen molar-refractivity contribution >= 4 is 18.3 Å². The topological polar surface area (TPSA) is 58.8 Å². The summed E-state index contributed by atoms with van der Waals surface area (Å²) in [7, 11) is 1.58. The molecule has 2 rings (SSSR count). The Balaban J connectivity index is 0.00000180. The molecule has 0 aromatic carbocycles. The number of hydrogen-bond acceptors (Lipinski definition) is 4. The minimum atomic E-state index is -0.517. The highest BCUT2D eigenvalue weighted by Crippen LogP contribution is 2.26. The van der Waals surface area contributed by atoms with Gasteiger partial charge in [-0.3, -0.25) is 9.69 Å². The van der Waals surface area contributed by atoms with Crippen LogP contribution >= 0.6 is 12.4 Å². The van der Waals surface area contributed by atoms with Crippen LogP contribution in [-0.4, -0.2) is 67.2 Å². The molecule has 2 heterocycles. The van der Waals surface area contributed by atoms with Crippen molar-refractivity contribution in [3.05, 3.63) is 0 Å². The van der Waals surface area contributed by atoms with Crippen molar-refractivity contribution in [2.45, 2.75) is 44.3 Å². The Hall–Kier alpha value is -0.360. The van der Waals surface area contributed by atoms with Gasteiger partial charge in [0.15, 0.2) is 0 Å². The number of piperazine rings is 1. The first-order chi connectivity index (χ1) is 8.67. The number of ether oxygens (including phenoxy) is 1. The molecule has 0 aromatic heterocycles. The van der Waals surface area contributed by atoms with E-state index in [0.717, 1.165) is 19.5 Å². The van der Waals surface area contributed by atoms with E-state index in [9.17, 15) is 4.79 Å². The minimum absolute atomic E-state index is 0. The Bertz CT molecular complexity index is 304. The number of nitrogens with two attached hydrogens (primary N) is 1. The fraction of sp³-hybridized carbons (Fsp3) is 0.923. The molecule has 19 heavy (non-hydrogen) atoms. The average Bonchev–Trinajstić information content (AvgIpc) is 2.83. The molecule has 0 saturated carbocycles. The zero-order valence-electron chi connectivity index (χ0n) is 11.9. The van der Waals surface area contributed by atoms with Crippen molar-refractivity contribution in [2.24, 2.45) is 5.73 Å². The van der Waals surface area contributed by atoms with Gasteiger partial charge in [-0.15, -0.1) is 12.4 Å². The molecular formula is C13H26ClN3O2. The van der Waals surface area contributed by atoms with Gasteiger partial charge in [0.2, 0.25) is 5.91 Å². The zero-order valence-corrected chi connectivity index (χ0v) is 12.7. The Kier molecular flexibility index (Phi) is 6.53. The van der Waals surface area contributed by atoms with Gasteiger partial charge in [-0.05, 0) is 25.8 Å². The third-order valence-corrected chi connectivity index (χ3v) is 4.21. The van der Waals surface area contributed by atoms with Crippen molar-refractivity contribution in [3.8, 4) is 0 Å². The van der Waals surface area contributed by atoms with Crippen LogP contribution in [0.25, 0.3) is 0 Å². The summed E-state index contributed by atoms with van der Waals surface area (Å²) >= 11 is 0. The molecule has 1 amide bonds. The van der Waals surface area contributed by atoms with E-state index in [1.807, 2.05) is 4.90 Å². The number of hydrogen-bond donors (Lipinski definition) is 1. The standard InChI is InChI=1S/C13H25N3O2.ClH/c1-3-10-7-15-6-4-5-11(15)8-16(10)13(17)12(14)9-18-2;/h10-12H,3-9,14H2,1-2H3;1H. The normalized spacial score (nSPS) is 28.7. The fourth-order valence-electron chi connectivity index (χ4n) is 3.17. The number of carbonyl (C=O) groups is 1. The SMILES string of the molecule is CCC1CN2CCCC2CN1C(=O)C(N)COC.Cl. The van der Waals surface area contributed by atoms with Gasteiger partial charge in [-0.2, -0.15) is 0 Å². The van der Waals surface area contributed by atoms with E-state index >= 15 is 0 Å². The highest BCUT2D eigenvalue weighted by molar-refractivity contribution is 5.85. The van der Waals surface area contributed by atoms with E-state index < -0.39 is 6.04 Å². The van der Waals surface area contributed by atoms with Crippen LogP contribution in [0.4, 0.5) is 0 Å². The molecule has 0 aliphatic carbocycles. The number of amides is 1. The largest absolute Gasteiger partial charge is 0.383 e. The number of methoxy groups -OCH3 is 1. The summed E-state index contributed by atoms with van der Waals surface area (Å²) < 4.78 is 4.99. The van der Waals surface area contributed by atoms with Gasteiger partial charge in [0.25, 0.3) is 0 Å². The van der Waals surface area contributed by atoms with Gasteiger partial charge in [-0.1, -0.05) is 6.92 Å². The maximum absolute atomic E-state index is 12.3. The monoisotopic (exact) mass is 291 g/mol. The smallest absolute Gasteiger partial charge is 0.242 e. The maximum Gasteiger partial charge on any atom is 0.242 e. The van der Waals surface area contributed by atoms with E-state index in [-0.39, 0.29) is 18.3 Å². The highest BCUT2D eigenvalue weighted by atomic mass is 35.5. The molecule has 6 heteroatoms. The molecule has 3 atom stereocenters. The molecular weight excluding hydrogens is 266 g/mol. The summed E-state index contributed by atoms with van der Waals surface area (Å²) in [5.41, 5.74) is 5.88. The molecule has 2 saturated heterocycles. The molecule has 0 aromatic rings. The van der Waals surface area contributed by atoms with Crippen molar-refractivity contribution in [1.29, 1.82) is 0 Å². The second-order valence-electron chi connectivity index (χ2n) is 5.41. The van der Waals surface area contributed by atoms with Crippen molar-refractivity contribution < 1.29 is 9.53 Å². The van der Waals surface area contributed by atoms with Gasteiger partial charge >= 0.3 is 0 Å². The number of halogens is 1. The van der Waals surface area contributed by atoms with E-state index in [2.05, 4.69) is 11.8 Å². The van der Waals surface area contributed by atoms with Crippen LogP contribution in [0.2, 0.25) is 0 Å². The lowest BCUT2D eigenvalue weighted by molar-refractivity contribution is -0.140. The molecule has 2 N–H and O–H groups in total. The first-order valence-electron chi connectivity index (χ1n) is 6.96. The predicted octanol–water partition coefficient (Wildman–Crippen LogP) is 0.467. The van der Waals surface area contributed by atoms with E-state index in [1.54, 1.807) is 7.11 Å². The van der Waals surface area contributed by atoms with Crippen LogP contribution in [-0.2, 0) is 9.53 Å². The highest BCUT2D eigenvalue weighted by Gasteiger charge is 2.38. The summed E-state index contributed by atoms with van der Waals surface area (Å²) in [5, 5.41) is 0. The van der Waals surface area contributed by atoms with Crippen molar-refractivity contribution in [1.82, 2.24) is 9.80 Å². The Morgan fingerprint density at radius 1 is 1.47 bits per heavy atom. The molecule has 3 unspecified atom stereocenters. The molecule has 2 aliphatic rings. The van der Waals surface area contributed by atoms with Gasteiger partial charge in [0.05, 0.1) is 6.61 Å². The fourth-order valence-corrected chi connectivity index (χ4v) is 3.17. The summed E-state index contributed by atoms with van der Waals surface area (Å²) in [6.45, 7) is 5.48. The maximum atomic E-state index is 12.3. The molecule has 0 bridgehead atoms. The predicted molar refractivity (Wildman–Crippen MR) is 77.5 cm³/mol. The first-order valence-corrected chi connectivity index (χ1v) is 6.96. The van der Waals surface area contributed by atoms with Crippen molar-refractivity contribution in [3.63, 3.8) is 0 Å². The van der Waals surface area contributed by atoms with Crippen LogP contribution in [0, 0.1) is 0 Å². The van der Waals surface area contributed by atoms with Crippen LogP contribution < -0.4 is 5.73 Å². The number of rotatable bonds is 4. The van der Waals surface area contributed by atoms with Gasteiger partial charge < -0.3 is 15.4 Å². The van der Waals surface area contributed by atoms with Gasteiger partial charge in [0.1, 0.15) is 6.04 Å². The molecule has 112 valence electrons. The molecule has 2 fully saturated rings. The molecule has 2 aliphatic heterocycles. The van der Waals surface area contributed by atoms with Crippen LogP contribution in [0.5, 0.6) is 0 Å². The van der Waals surface area contributed by atoms with Gasteiger partial charge in [0, 0.05) is 32.3 Å². The quantitative estimate of drug-likeness (QED) is 0.818. The first kappa shape index (κ1) is 16.7. The van der Waals surface area contributed by atoms with Gasteiger partial charge in [-0.25, -0.2) is 0 Å². The molecule has 0 spiro atoms. The van der Waals surface area contributed by atoms with Crippen LogP contribution in [0.15, 0.2) is 0 Å². The van der Waals surface area contributed by atoms with E-state index in [4.69, 9.17) is 10.5 Å². The van der Waals surface area contributed by atoms with Crippen molar-refractivity contribution in [2.75, 3.05) is 33.4 Å². The average molecular weight is 292 g/mol. The number of fused-ring (bicyclic) bond motifs is 1. The minimum Gasteiger partial charge on any atom is -0.383 e. The summed E-state index contributed by atoms with van der Waals surface area (Å²) in [6.07, 6.45) is 3.46. The second-order valence-corrected chi connectivity index (χ2v) is 5.41. The summed E-state index contributed by atoms with van der Waals surface area (Å²) in [4.78, 5) is 16.9. The lowest BCUT2D eigenvalue weighted by atomic mass is 10.0. The number of carbonyl (C=O) groups excluding carboxylic acids is 1. The lowest BCUT2D eigenvalue weighted by Crippen LogP contribution is -2.61. The lowest BCUT2D eigenvalue weighted by Gasteiger charge is -2.44. The Morgan fingerprint density at radius 2 is 2.21 bits per heavy atom. The van der Waals surface area contributed by atoms with E-state index in [1.165, 1.54) is 19.4 Å². The van der Waals surface area contributed by atoms with Crippen LogP contribution in [0.1, 0.15) is 26.2 Å². The third kappa shape index (κ3) is 3.60. The third-order valence-electron chi connectivity index (χ3n) is 4.21. The van der Waals surface area contributed by atoms with E-state index in [0.29, 0.717) is 18.7 Å². The summed E-state index contributed by atoms with van der Waals surface area (Å²) in [6, 6.07) is 0.346. The molecule has 0 radical (unpaired) electrons. The number of nitrogens with zero attached hydrogens (tertiary/aromatic N) is 2.